The van der Waals surface area contributed by atoms with Crippen molar-refractivity contribution in [1.82, 2.24) is 0 Å². The summed E-state index contributed by atoms with van der Waals surface area (Å²) in [7, 11) is 0. The second kappa shape index (κ2) is 4.78. The molecule has 100 valence electrons. The molecule has 1 saturated carbocycles. The summed E-state index contributed by atoms with van der Waals surface area (Å²) in [5.74, 6) is -1.39. The molecule has 0 radical (unpaired) electrons. The van der Waals surface area contributed by atoms with E-state index >= 15 is 0 Å². The molecule has 0 aromatic heterocycles. The van der Waals surface area contributed by atoms with Crippen molar-refractivity contribution in [1.29, 1.82) is 0 Å². The van der Waals surface area contributed by atoms with E-state index in [0.717, 1.165) is 5.56 Å². The zero-order valence-electron chi connectivity index (χ0n) is 10.7. The first kappa shape index (κ1) is 12.4. The van der Waals surface area contributed by atoms with Crippen LogP contribution >= 0.6 is 0 Å². The molecule has 2 fully saturated rings. The maximum Gasteiger partial charge on any atom is 0.317 e. The van der Waals surface area contributed by atoms with E-state index in [1.807, 2.05) is 30.3 Å². The number of hydrogen-bond donors (Lipinski definition) is 0. The second-order valence-corrected chi connectivity index (χ2v) is 4.98. The first-order chi connectivity index (χ1) is 9.22. The van der Waals surface area contributed by atoms with Crippen LogP contribution in [0.3, 0.4) is 0 Å². The van der Waals surface area contributed by atoms with Gasteiger partial charge < -0.3 is 9.47 Å². The van der Waals surface area contributed by atoms with Gasteiger partial charge in [0, 0.05) is 5.92 Å². The standard InChI is InChI=1S/C15H16O4/c1-2-18-15(17)12-10(9-6-4-3-5-7-9)8-11-14(19-11)13(12)16/h3-7,10-12,14H,2,8H2,1H3/t10-,11+,12?,14+/m0/s1. The topological polar surface area (TPSA) is 55.9 Å². The van der Waals surface area contributed by atoms with Gasteiger partial charge in [-0.15, -0.1) is 0 Å². The summed E-state index contributed by atoms with van der Waals surface area (Å²) >= 11 is 0. The maximum absolute atomic E-state index is 12.2. The summed E-state index contributed by atoms with van der Waals surface area (Å²) in [6.07, 6.45) is 0.321. The van der Waals surface area contributed by atoms with Gasteiger partial charge in [-0.1, -0.05) is 30.3 Å². The van der Waals surface area contributed by atoms with Gasteiger partial charge in [0.2, 0.25) is 0 Å². The van der Waals surface area contributed by atoms with Crippen LogP contribution in [0.2, 0.25) is 0 Å². The Bertz CT molecular complexity index is 496. The van der Waals surface area contributed by atoms with Gasteiger partial charge in [0.05, 0.1) is 12.7 Å². The monoisotopic (exact) mass is 260 g/mol. The number of carbonyl (C=O) groups excluding carboxylic acids is 2. The molecule has 4 heteroatoms. The second-order valence-electron chi connectivity index (χ2n) is 4.98. The Morgan fingerprint density at radius 3 is 2.79 bits per heavy atom. The Kier molecular flexibility index (Phi) is 3.11. The van der Waals surface area contributed by atoms with Crippen molar-refractivity contribution < 1.29 is 19.1 Å². The summed E-state index contributed by atoms with van der Waals surface area (Å²) in [6.45, 7) is 2.04. The summed E-state index contributed by atoms with van der Waals surface area (Å²) in [5.41, 5.74) is 1.00. The maximum atomic E-state index is 12.2. The lowest BCUT2D eigenvalue weighted by atomic mass is 9.74. The molecule has 1 aliphatic heterocycles. The summed E-state index contributed by atoms with van der Waals surface area (Å²) in [6, 6.07) is 9.66. The van der Waals surface area contributed by atoms with Gasteiger partial charge in [-0.25, -0.2) is 0 Å². The van der Waals surface area contributed by atoms with Crippen molar-refractivity contribution in [3.8, 4) is 0 Å². The van der Waals surface area contributed by atoms with Crippen molar-refractivity contribution in [3.63, 3.8) is 0 Å². The molecule has 4 atom stereocenters. The number of ketones is 1. The minimum Gasteiger partial charge on any atom is -0.465 e. The van der Waals surface area contributed by atoms with Crippen LogP contribution < -0.4 is 0 Å². The molecule has 1 unspecified atom stereocenters. The van der Waals surface area contributed by atoms with Crippen LogP contribution in [0, 0.1) is 5.92 Å². The molecule has 3 rings (SSSR count). The van der Waals surface area contributed by atoms with Gasteiger partial charge in [0.1, 0.15) is 12.0 Å². The third-order valence-electron chi connectivity index (χ3n) is 3.83. The van der Waals surface area contributed by atoms with Gasteiger partial charge in [-0.2, -0.15) is 0 Å². The zero-order valence-corrected chi connectivity index (χ0v) is 10.7. The highest BCUT2D eigenvalue weighted by Crippen LogP contribution is 2.45. The lowest BCUT2D eigenvalue weighted by Gasteiger charge is -2.26. The SMILES string of the molecule is CCOC(=O)C1C(=O)[C@@H]2O[C@@H]2C[C@H]1c1ccccc1. The van der Waals surface area contributed by atoms with E-state index in [4.69, 9.17) is 9.47 Å². The Hall–Kier alpha value is -1.68. The fraction of sp³-hybridized carbons (Fsp3) is 0.467. The van der Waals surface area contributed by atoms with E-state index in [1.54, 1.807) is 6.92 Å². The molecular weight excluding hydrogens is 244 g/mol. The largest absolute Gasteiger partial charge is 0.465 e. The van der Waals surface area contributed by atoms with E-state index in [-0.39, 0.29) is 23.9 Å². The minimum atomic E-state index is -0.717. The number of ether oxygens (including phenoxy) is 2. The highest BCUT2D eigenvalue weighted by atomic mass is 16.6. The molecular formula is C15H16O4. The first-order valence-corrected chi connectivity index (χ1v) is 6.63. The lowest BCUT2D eigenvalue weighted by Crippen LogP contribution is -2.39. The number of rotatable bonds is 3. The predicted octanol–water partition coefficient (Wildman–Crippen LogP) is 1.69. The van der Waals surface area contributed by atoms with Crippen LogP contribution in [0.5, 0.6) is 0 Å². The van der Waals surface area contributed by atoms with E-state index in [1.165, 1.54) is 0 Å². The van der Waals surface area contributed by atoms with E-state index in [0.29, 0.717) is 13.0 Å². The lowest BCUT2D eigenvalue weighted by molar-refractivity contribution is -0.153. The van der Waals surface area contributed by atoms with Crippen molar-refractivity contribution in [2.24, 2.45) is 5.92 Å². The van der Waals surface area contributed by atoms with Crippen molar-refractivity contribution in [2.75, 3.05) is 6.61 Å². The normalized spacial score (nSPS) is 32.6. The highest BCUT2D eigenvalue weighted by molar-refractivity contribution is 6.04. The molecule has 2 aliphatic rings. The van der Waals surface area contributed by atoms with Gasteiger partial charge in [0.25, 0.3) is 0 Å². The fourth-order valence-electron chi connectivity index (χ4n) is 2.88. The number of hydrogen-bond acceptors (Lipinski definition) is 4. The molecule has 0 amide bonds. The Labute approximate surface area is 111 Å². The number of esters is 1. The summed E-state index contributed by atoms with van der Waals surface area (Å²) < 4.78 is 10.4. The third-order valence-corrected chi connectivity index (χ3v) is 3.83. The van der Waals surface area contributed by atoms with Crippen LogP contribution in [0.25, 0.3) is 0 Å². The third kappa shape index (κ3) is 2.16. The molecule has 1 aliphatic carbocycles. The molecule has 1 saturated heterocycles. The highest BCUT2D eigenvalue weighted by Gasteiger charge is 2.57. The van der Waals surface area contributed by atoms with Crippen molar-refractivity contribution >= 4 is 11.8 Å². The minimum absolute atomic E-state index is 0.0108. The molecule has 4 nitrogen and oxygen atoms in total. The van der Waals surface area contributed by atoms with E-state index < -0.39 is 11.9 Å². The average molecular weight is 260 g/mol. The molecule has 1 heterocycles. The zero-order chi connectivity index (χ0) is 13.4. The van der Waals surface area contributed by atoms with Gasteiger partial charge in [0.15, 0.2) is 5.78 Å². The quantitative estimate of drug-likeness (QED) is 0.471. The van der Waals surface area contributed by atoms with Crippen LogP contribution in [-0.2, 0) is 19.1 Å². The fourth-order valence-corrected chi connectivity index (χ4v) is 2.88. The van der Waals surface area contributed by atoms with Crippen LogP contribution in [0.4, 0.5) is 0 Å². The summed E-state index contributed by atoms with van der Waals surface area (Å²) in [4.78, 5) is 24.3. The molecule has 0 bridgehead atoms. The number of epoxide rings is 1. The van der Waals surface area contributed by atoms with Crippen molar-refractivity contribution in [2.45, 2.75) is 31.5 Å². The number of carbonyl (C=O) groups is 2. The van der Waals surface area contributed by atoms with E-state index in [9.17, 15) is 9.59 Å². The number of fused-ring (bicyclic) bond motifs is 1. The first-order valence-electron chi connectivity index (χ1n) is 6.63. The predicted molar refractivity (Wildman–Crippen MR) is 67.6 cm³/mol. The average Bonchev–Trinajstić information content (AvgIpc) is 3.19. The summed E-state index contributed by atoms with van der Waals surface area (Å²) in [5, 5.41) is 0. The Morgan fingerprint density at radius 2 is 2.11 bits per heavy atom. The molecule has 1 aromatic rings. The van der Waals surface area contributed by atoms with Crippen LogP contribution in [-0.4, -0.2) is 30.6 Å². The molecule has 0 N–H and O–H groups in total. The smallest absolute Gasteiger partial charge is 0.317 e. The molecule has 1 aromatic carbocycles. The van der Waals surface area contributed by atoms with Crippen LogP contribution in [0.1, 0.15) is 24.8 Å². The molecule has 19 heavy (non-hydrogen) atoms. The van der Waals surface area contributed by atoms with E-state index in [2.05, 4.69) is 0 Å². The van der Waals surface area contributed by atoms with Crippen molar-refractivity contribution in [3.05, 3.63) is 35.9 Å². The van der Waals surface area contributed by atoms with Gasteiger partial charge in [-0.3, -0.25) is 9.59 Å². The Morgan fingerprint density at radius 1 is 1.37 bits per heavy atom. The number of Topliss-reactive ketones (excluding diaryl/α,β-unsaturated/α-hetero) is 1. The number of benzene rings is 1. The van der Waals surface area contributed by atoms with Crippen LogP contribution in [0.15, 0.2) is 30.3 Å². The van der Waals surface area contributed by atoms with Gasteiger partial charge >= 0.3 is 5.97 Å². The Balaban J connectivity index is 1.91. The van der Waals surface area contributed by atoms with Gasteiger partial charge in [-0.05, 0) is 18.9 Å². The molecule has 0 spiro atoms.